The molecule has 3 aromatic rings. The van der Waals surface area contributed by atoms with Crippen molar-refractivity contribution in [3.8, 4) is 11.6 Å². The Morgan fingerprint density at radius 3 is 3.14 bits per heavy atom. The summed E-state index contributed by atoms with van der Waals surface area (Å²) in [4.78, 5) is 15.8. The van der Waals surface area contributed by atoms with E-state index < -0.39 is 5.97 Å². The number of aromatic nitrogens is 4. The van der Waals surface area contributed by atoms with Gasteiger partial charge in [-0.25, -0.2) is 4.79 Å². The largest absolute Gasteiger partial charge is 0.478 e. The fraction of sp³-hybridized carbons (Fsp3) is 0.154. The Labute approximate surface area is 123 Å². The number of imidazole rings is 1. The van der Waals surface area contributed by atoms with Crippen LogP contribution < -0.4 is 4.74 Å². The van der Waals surface area contributed by atoms with Crippen LogP contribution in [-0.4, -0.2) is 30.2 Å². The molecule has 0 fully saturated rings. The van der Waals surface area contributed by atoms with Gasteiger partial charge in [0, 0.05) is 24.2 Å². The smallest absolute Gasteiger partial charge is 0.328 e. The summed E-state index contributed by atoms with van der Waals surface area (Å²) in [5.41, 5.74) is 0.581. The van der Waals surface area contributed by atoms with Crippen molar-refractivity contribution in [1.29, 1.82) is 0 Å². The average molecular weight is 304 g/mol. The summed E-state index contributed by atoms with van der Waals surface area (Å²) in [6.07, 6.45) is 7.70. The van der Waals surface area contributed by atoms with Gasteiger partial charge in [0.25, 0.3) is 0 Å². The van der Waals surface area contributed by atoms with Crippen LogP contribution in [0.15, 0.2) is 30.0 Å². The molecule has 7 nitrogen and oxygen atoms in total. The molecule has 0 saturated carbocycles. The second-order valence-corrected chi connectivity index (χ2v) is 5.04. The number of fused-ring (bicyclic) bond motifs is 1. The van der Waals surface area contributed by atoms with Crippen LogP contribution in [-0.2, 0) is 11.3 Å². The Hall–Kier alpha value is -2.61. The molecular formula is C13H12N4O3S. The normalized spacial score (nSPS) is 11.5. The number of aryl methyl sites for hydroxylation is 1. The van der Waals surface area contributed by atoms with Crippen molar-refractivity contribution in [2.75, 3.05) is 0 Å². The predicted molar refractivity (Wildman–Crippen MR) is 77.7 cm³/mol. The standard InChI is InChI=1S/C13H12N4O3S/c1-2-16-8-9(7-14-16)20-12-10(3-4-11(18)19)17-5-6-21-13(17)15-12/h3-8H,2H2,1H3,(H,18,19)/b4-3+. The first kappa shape index (κ1) is 13.4. The van der Waals surface area contributed by atoms with E-state index in [9.17, 15) is 4.79 Å². The first-order valence-corrected chi connectivity index (χ1v) is 7.12. The van der Waals surface area contributed by atoms with Gasteiger partial charge in [0.05, 0.1) is 12.4 Å². The van der Waals surface area contributed by atoms with Crippen LogP contribution in [0, 0.1) is 0 Å². The third kappa shape index (κ3) is 2.65. The Morgan fingerprint density at radius 1 is 1.57 bits per heavy atom. The highest BCUT2D eigenvalue weighted by molar-refractivity contribution is 7.15. The minimum Gasteiger partial charge on any atom is -0.478 e. The molecule has 0 unspecified atom stereocenters. The molecule has 0 aromatic carbocycles. The number of carboxylic acids is 1. The highest BCUT2D eigenvalue weighted by atomic mass is 32.1. The van der Waals surface area contributed by atoms with Crippen molar-refractivity contribution in [3.63, 3.8) is 0 Å². The number of ether oxygens (including phenoxy) is 1. The zero-order valence-corrected chi connectivity index (χ0v) is 11.9. The van der Waals surface area contributed by atoms with Gasteiger partial charge in [-0.3, -0.25) is 9.08 Å². The van der Waals surface area contributed by atoms with Gasteiger partial charge in [0.1, 0.15) is 5.69 Å². The van der Waals surface area contributed by atoms with Gasteiger partial charge in [-0.05, 0) is 13.0 Å². The highest BCUT2D eigenvalue weighted by Crippen LogP contribution is 2.28. The maximum Gasteiger partial charge on any atom is 0.328 e. The molecule has 0 spiro atoms. The molecule has 8 heteroatoms. The molecule has 1 N–H and O–H groups in total. The Bertz CT molecular complexity index is 814. The minimum absolute atomic E-state index is 0.356. The first-order valence-electron chi connectivity index (χ1n) is 6.24. The lowest BCUT2D eigenvalue weighted by Gasteiger charge is -2.00. The maximum atomic E-state index is 10.7. The fourth-order valence-electron chi connectivity index (χ4n) is 1.84. The van der Waals surface area contributed by atoms with E-state index in [0.717, 1.165) is 17.6 Å². The number of carbonyl (C=O) groups is 1. The van der Waals surface area contributed by atoms with Gasteiger partial charge in [0.2, 0.25) is 5.88 Å². The first-order chi connectivity index (χ1) is 10.2. The van der Waals surface area contributed by atoms with Crippen LogP contribution in [0.5, 0.6) is 11.6 Å². The lowest BCUT2D eigenvalue weighted by molar-refractivity contribution is -0.131. The summed E-state index contributed by atoms with van der Waals surface area (Å²) in [5.74, 6) is -0.104. The van der Waals surface area contributed by atoms with Crippen LogP contribution in [0.25, 0.3) is 11.0 Å². The molecule has 0 aliphatic carbocycles. The highest BCUT2D eigenvalue weighted by Gasteiger charge is 2.14. The van der Waals surface area contributed by atoms with E-state index in [2.05, 4.69) is 10.1 Å². The van der Waals surface area contributed by atoms with E-state index in [1.807, 2.05) is 18.5 Å². The molecule has 0 radical (unpaired) electrons. The van der Waals surface area contributed by atoms with E-state index in [-0.39, 0.29) is 0 Å². The molecule has 0 bridgehead atoms. The Morgan fingerprint density at radius 2 is 2.43 bits per heavy atom. The zero-order chi connectivity index (χ0) is 14.8. The lowest BCUT2D eigenvalue weighted by atomic mass is 10.4. The van der Waals surface area contributed by atoms with Crippen molar-refractivity contribution < 1.29 is 14.6 Å². The molecule has 0 atom stereocenters. The molecule has 0 amide bonds. The van der Waals surface area contributed by atoms with Crippen LogP contribution >= 0.6 is 11.3 Å². The van der Waals surface area contributed by atoms with Crippen molar-refractivity contribution in [2.24, 2.45) is 0 Å². The van der Waals surface area contributed by atoms with Gasteiger partial charge in [-0.15, -0.1) is 11.3 Å². The topological polar surface area (TPSA) is 81.7 Å². The van der Waals surface area contributed by atoms with Crippen molar-refractivity contribution in [2.45, 2.75) is 13.5 Å². The summed E-state index contributed by atoms with van der Waals surface area (Å²) in [6, 6.07) is 0. The van der Waals surface area contributed by atoms with E-state index in [4.69, 9.17) is 9.84 Å². The quantitative estimate of drug-likeness (QED) is 0.732. The SMILES string of the molecule is CCn1cc(Oc2nc3sccn3c2/C=C/C(=O)O)cn1. The van der Waals surface area contributed by atoms with Crippen LogP contribution in [0.4, 0.5) is 0 Å². The van der Waals surface area contributed by atoms with Crippen LogP contribution in [0.1, 0.15) is 12.6 Å². The third-order valence-electron chi connectivity index (χ3n) is 2.80. The molecule has 3 heterocycles. The van der Waals surface area contributed by atoms with Gasteiger partial charge in [-0.1, -0.05) is 0 Å². The van der Waals surface area contributed by atoms with Crippen molar-refractivity contribution in [3.05, 3.63) is 35.7 Å². The molecule has 0 saturated heterocycles. The monoisotopic (exact) mass is 304 g/mol. The summed E-state index contributed by atoms with van der Waals surface area (Å²) >= 11 is 1.45. The van der Waals surface area contributed by atoms with Gasteiger partial charge >= 0.3 is 5.97 Å². The predicted octanol–water partition coefficient (Wildman–Crippen LogP) is 2.50. The van der Waals surface area contributed by atoms with Gasteiger partial charge in [-0.2, -0.15) is 10.1 Å². The maximum absolute atomic E-state index is 10.7. The minimum atomic E-state index is -1.02. The summed E-state index contributed by atoms with van der Waals surface area (Å²) in [6.45, 7) is 2.72. The van der Waals surface area contributed by atoms with Crippen molar-refractivity contribution >= 4 is 28.3 Å². The molecule has 108 valence electrons. The molecular weight excluding hydrogens is 292 g/mol. The van der Waals surface area contributed by atoms with Crippen molar-refractivity contribution in [1.82, 2.24) is 19.2 Å². The second-order valence-electron chi connectivity index (χ2n) is 4.16. The molecule has 3 rings (SSSR count). The van der Waals surface area contributed by atoms with Crippen LogP contribution in [0.3, 0.4) is 0 Å². The van der Waals surface area contributed by atoms with Gasteiger partial charge in [0.15, 0.2) is 10.7 Å². The number of hydrogen-bond acceptors (Lipinski definition) is 5. The van der Waals surface area contributed by atoms with E-state index in [1.165, 1.54) is 17.4 Å². The summed E-state index contributed by atoms with van der Waals surface area (Å²) < 4.78 is 9.23. The van der Waals surface area contributed by atoms with Gasteiger partial charge < -0.3 is 9.84 Å². The molecule has 21 heavy (non-hydrogen) atoms. The number of carboxylic acid groups (broad SMARTS) is 1. The van der Waals surface area contributed by atoms with E-state index >= 15 is 0 Å². The Balaban J connectivity index is 1.98. The summed E-state index contributed by atoms with van der Waals surface area (Å²) in [5, 5.41) is 14.8. The summed E-state index contributed by atoms with van der Waals surface area (Å²) in [7, 11) is 0. The molecule has 0 aliphatic rings. The van der Waals surface area contributed by atoms with E-state index in [0.29, 0.717) is 17.3 Å². The molecule has 0 aliphatic heterocycles. The average Bonchev–Trinajstić information content (AvgIpc) is 3.13. The number of aliphatic carboxylic acids is 1. The fourth-order valence-corrected chi connectivity index (χ4v) is 2.55. The third-order valence-corrected chi connectivity index (χ3v) is 3.55. The lowest BCUT2D eigenvalue weighted by Crippen LogP contribution is -1.92. The Kier molecular flexibility index (Phi) is 3.44. The van der Waals surface area contributed by atoms with Crippen LogP contribution in [0.2, 0.25) is 0 Å². The zero-order valence-electron chi connectivity index (χ0n) is 11.1. The number of nitrogens with zero attached hydrogens (tertiary/aromatic N) is 4. The number of hydrogen-bond donors (Lipinski definition) is 1. The number of rotatable bonds is 5. The second kappa shape index (κ2) is 5.41. The van der Waals surface area contributed by atoms with E-state index in [1.54, 1.807) is 21.5 Å². The number of thiazole rings is 1. The molecule has 3 aromatic heterocycles.